The number of amidine groups is 1. The van der Waals surface area contributed by atoms with Gasteiger partial charge in [0.15, 0.2) is 5.78 Å². The quantitative estimate of drug-likeness (QED) is 0.744. The maximum atomic E-state index is 13.1. The highest BCUT2D eigenvalue weighted by molar-refractivity contribution is 6.10. The Morgan fingerprint density at radius 3 is 2.68 bits per heavy atom. The van der Waals surface area contributed by atoms with Crippen molar-refractivity contribution in [2.24, 2.45) is 5.16 Å². The molecule has 0 bridgehead atoms. The first kappa shape index (κ1) is 19.5. The molecule has 0 N–H and O–H groups in total. The molecule has 146 valence electrons. The van der Waals surface area contributed by atoms with E-state index in [2.05, 4.69) is 10.1 Å². The van der Waals surface area contributed by atoms with E-state index in [1.165, 1.54) is 11.8 Å². The van der Waals surface area contributed by atoms with E-state index in [9.17, 15) is 9.59 Å². The van der Waals surface area contributed by atoms with E-state index >= 15 is 0 Å². The predicted octanol–water partition coefficient (Wildman–Crippen LogP) is 3.10. The number of aromatic nitrogens is 1. The van der Waals surface area contributed by atoms with Crippen LogP contribution in [0.4, 0.5) is 0 Å². The Bertz CT molecular complexity index is 966. The summed E-state index contributed by atoms with van der Waals surface area (Å²) in [6.07, 6.45) is 1.64. The highest BCUT2D eigenvalue weighted by atomic mass is 16.7. The van der Waals surface area contributed by atoms with Crippen LogP contribution in [-0.2, 0) is 16.2 Å². The van der Waals surface area contributed by atoms with Crippen LogP contribution < -0.4 is 4.74 Å². The molecule has 7 nitrogen and oxygen atoms in total. The number of hydrogen-bond donors (Lipinski definition) is 0. The van der Waals surface area contributed by atoms with E-state index in [0.29, 0.717) is 28.4 Å². The van der Waals surface area contributed by atoms with Crippen molar-refractivity contribution < 1.29 is 19.2 Å². The van der Waals surface area contributed by atoms with Gasteiger partial charge in [-0.3, -0.25) is 19.5 Å². The lowest BCUT2D eigenvalue weighted by Crippen LogP contribution is -2.52. The molecular formula is C21H23N3O4. The van der Waals surface area contributed by atoms with Crippen LogP contribution in [0.2, 0.25) is 0 Å². The van der Waals surface area contributed by atoms with Gasteiger partial charge in [0.05, 0.1) is 13.7 Å². The van der Waals surface area contributed by atoms with E-state index in [0.717, 1.165) is 5.56 Å². The summed E-state index contributed by atoms with van der Waals surface area (Å²) in [6.45, 7) is 6.89. The Kier molecular flexibility index (Phi) is 5.18. The van der Waals surface area contributed by atoms with E-state index in [-0.39, 0.29) is 18.2 Å². The number of hydrogen-bond acceptors (Lipinski definition) is 6. The summed E-state index contributed by atoms with van der Waals surface area (Å²) in [5.74, 6) is 0.599. The number of oxime groups is 1. The number of Topliss-reactive ketones (excluding diaryl/α,β-unsaturated/α-hetero) is 1. The van der Waals surface area contributed by atoms with Gasteiger partial charge >= 0.3 is 0 Å². The van der Waals surface area contributed by atoms with Crippen molar-refractivity contribution in [3.8, 4) is 5.75 Å². The number of carbonyl (C=O) groups is 2. The summed E-state index contributed by atoms with van der Waals surface area (Å²) in [6, 6.07) is 8.88. The number of ether oxygens (including phenoxy) is 1. The third-order valence-corrected chi connectivity index (χ3v) is 4.61. The molecular weight excluding hydrogens is 358 g/mol. The summed E-state index contributed by atoms with van der Waals surface area (Å²) in [7, 11) is 1.55. The molecule has 1 aliphatic rings. The fourth-order valence-corrected chi connectivity index (χ4v) is 3.00. The van der Waals surface area contributed by atoms with Gasteiger partial charge in [-0.15, -0.1) is 0 Å². The maximum Gasteiger partial charge on any atom is 0.275 e. The largest absolute Gasteiger partial charge is 0.496 e. The minimum atomic E-state index is -1.11. The molecule has 1 amide bonds. The fourth-order valence-electron chi connectivity index (χ4n) is 3.00. The van der Waals surface area contributed by atoms with Gasteiger partial charge in [-0.1, -0.05) is 11.2 Å². The maximum absolute atomic E-state index is 13.1. The summed E-state index contributed by atoms with van der Waals surface area (Å²) in [4.78, 5) is 36.3. The molecule has 1 aromatic heterocycles. The molecule has 7 heteroatoms. The molecule has 1 aliphatic heterocycles. The SMILES string of the molecule is COc1ccc(C(C)=O)cc1CN1C(=O)C(C)(C)ON=C1c1ncccc1C. The number of carbonyl (C=O) groups excluding carboxylic acids is 2. The minimum Gasteiger partial charge on any atom is -0.496 e. The lowest BCUT2D eigenvalue weighted by Gasteiger charge is -2.35. The number of ketones is 1. The smallest absolute Gasteiger partial charge is 0.275 e. The molecule has 2 heterocycles. The van der Waals surface area contributed by atoms with Crippen LogP contribution in [-0.4, -0.2) is 40.1 Å². The van der Waals surface area contributed by atoms with E-state index < -0.39 is 5.60 Å². The summed E-state index contributed by atoms with van der Waals surface area (Å²) >= 11 is 0. The summed E-state index contributed by atoms with van der Waals surface area (Å²) in [5, 5.41) is 4.21. The van der Waals surface area contributed by atoms with Crippen LogP contribution >= 0.6 is 0 Å². The van der Waals surface area contributed by atoms with Gasteiger partial charge in [0, 0.05) is 17.3 Å². The Balaban J connectivity index is 2.09. The number of nitrogens with zero attached hydrogens (tertiary/aromatic N) is 3. The molecule has 2 aromatic rings. The van der Waals surface area contributed by atoms with Crippen LogP contribution in [0.5, 0.6) is 5.75 Å². The molecule has 0 saturated carbocycles. The normalized spacial score (nSPS) is 15.7. The van der Waals surface area contributed by atoms with Crippen LogP contribution in [0.1, 0.15) is 48.0 Å². The van der Waals surface area contributed by atoms with Crippen LogP contribution in [0, 0.1) is 6.92 Å². The second kappa shape index (κ2) is 7.42. The molecule has 0 fully saturated rings. The molecule has 0 unspecified atom stereocenters. The van der Waals surface area contributed by atoms with Crippen molar-refractivity contribution in [2.75, 3.05) is 7.11 Å². The third kappa shape index (κ3) is 3.60. The number of benzene rings is 1. The van der Waals surface area contributed by atoms with Gasteiger partial charge in [-0.05, 0) is 57.5 Å². The third-order valence-electron chi connectivity index (χ3n) is 4.61. The Labute approximate surface area is 164 Å². The van der Waals surface area contributed by atoms with Crippen LogP contribution in [0.25, 0.3) is 0 Å². The monoisotopic (exact) mass is 381 g/mol. The van der Waals surface area contributed by atoms with Crippen LogP contribution in [0.3, 0.4) is 0 Å². The van der Waals surface area contributed by atoms with Gasteiger partial charge in [0.25, 0.3) is 5.91 Å². The molecule has 0 spiro atoms. The first-order chi connectivity index (χ1) is 13.2. The van der Waals surface area contributed by atoms with Crippen molar-refractivity contribution in [1.82, 2.24) is 9.88 Å². The van der Waals surface area contributed by atoms with Crippen molar-refractivity contribution in [3.63, 3.8) is 0 Å². The highest BCUT2D eigenvalue weighted by Gasteiger charge is 2.42. The predicted molar refractivity (Wildman–Crippen MR) is 104 cm³/mol. The van der Waals surface area contributed by atoms with Gasteiger partial charge in [-0.2, -0.15) is 0 Å². The molecule has 1 aromatic carbocycles. The van der Waals surface area contributed by atoms with Gasteiger partial charge in [0.1, 0.15) is 11.4 Å². The topological polar surface area (TPSA) is 81.1 Å². The Morgan fingerprint density at radius 2 is 2.04 bits per heavy atom. The van der Waals surface area contributed by atoms with Crippen LogP contribution in [0.15, 0.2) is 41.7 Å². The lowest BCUT2D eigenvalue weighted by molar-refractivity contribution is -0.154. The number of amides is 1. The number of methoxy groups -OCH3 is 1. The van der Waals surface area contributed by atoms with E-state index in [1.807, 2.05) is 19.1 Å². The second-order valence-electron chi connectivity index (χ2n) is 7.16. The molecule has 0 atom stereocenters. The average Bonchev–Trinajstić information content (AvgIpc) is 2.66. The minimum absolute atomic E-state index is 0.0630. The summed E-state index contributed by atoms with van der Waals surface area (Å²) < 4.78 is 5.44. The lowest BCUT2D eigenvalue weighted by atomic mass is 10.0. The number of pyridine rings is 1. The van der Waals surface area contributed by atoms with Crippen molar-refractivity contribution in [3.05, 3.63) is 58.9 Å². The number of aryl methyl sites for hydroxylation is 1. The standard InChI is InChI=1S/C21H23N3O4/c1-13-7-6-10-22-18(13)19-23-28-21(3,4)20(26)24(19)12-16-11-15(14(2)25)8-9-17(16)27-5/h6-11H,12H2,1-5H3. The number of rotatable bonds is 5. The zero-order valence-corrected chi connectivity index (χ0v) is 16.6. The second-order valence-corrected chi connectivity index (χ2v) is 7.16. The van der Waals surface area contributed by atoms with E-state index in [1.54, 1.807) is 45.4 Å². The molecule has 0 saturated heterocycles. The first-order valence-electron chi connectivity index (χ1n) is 8.92. The first-order valence-corrected chi connectivity index (χ1v) is 8.92. The van der Waals surface area contributed by atoms with Gasteiger partial charge < -0.3 is 9.57 Å². The van der Waals surface area contributed by atoms with Gasteiger partial charge in [0.2, 0.25) is 11.4 Å². The molecule has 0 radical (unpaired) electrons. The Morgan fingerprint density at radius 1 is 1.29 bits per heavy atom. The molecule has 3 rings (SSSR count). The highest BCUT2D eigenvalue weighted by Crippen LogP contribution is 2.28. The van der Waals surface area contributed by atoms with Crippen molar-refractivity contribution in [1.29, 1.82) is 0 Å². The van der Waals surface area contributed by atoms with Gasteiger partial charge in [-0.25, -0.2) is 0 Å². The van der Waals surface area contributed by atoms with Crippen molar-refractivity contribution in [2.45, 2.75) is 39.8 Å². The zero-order valence-electron chi connectivity index (χ0n) is 16.6. The Hall–Kier alpha value is -3.22. The average molecular weight is 381 g/mol. The summed E-state index contributed by atoms with van der Waals surface area (Å²) in [5.41, 5.74) is 1.56. The zero-order chi connectivity index (χ0) is 20.5. The van der Waals surface area contributed by atoms with E-state index in [4.69, 9.17) is 9.57 Å². The van der Waals surface area contributed by atoms with Crippen molar-refractivity contribution >= 4 is 17.5 Å². The molecule has 0 aliphatic carbocycles. The fraction of sp³-hybridized carbons (Fsp3) is 0.333. The molecule has 28 heavy (non-hydrogen) atoms.